The fourth-order valence-electron chi connectivity index (χ4n) is 1.94. The molecule has 0 spiro atoms. The van der Waals surface area contributed by atoms with E-state index in [0.717, 1.165) is 24.5 Å². The van der Waals surface area contributed by atoms with Crippen LogP contribution in [0, 0.1) is 29.0 Å². The van der Waals surface area contributed by atoms with Gasteiger partial charge in [-0.25, -0.2) is 12.8 Å². The zero-order chi connectivity index (χ0) is 15.8. The number of rotatable bonds is 5. The maximum absolute atomic E-state index is 13.9. The van der Waals surface area contributed by atoms with Gasteiger partial charge in [0.1, 0.15) is 5.82 Å². The Morgan fingerprint density at radius 3 is 2.43 bits per heavy atom. The Kier molecular flexibility index (Phi) is 3.92. The van der Waals surface area contributed by atoms with Crippen LogP contribution < -0.4 is 0 Å². The minimum Gasteiger partial charge on any atom is -0.297 e. The van der Waals surface area contributed by atoms with Gasteiger partial charge in [-0.1, -0.05) is 0 Å². The van der Waals surface area contributed by atoms with Crippen LogP contribution in [0.4, 0.5) is 4.39 Å². The van der Waals surface area contributed by atoms with Gasteiger partial charge < -0.3 is 0 Å². The first kappa shape index (κ1) is 15.3. The Balaban J connectivity index is 2.35. The van der Waals surface area contributed by atoms with Gasteiger partial charge in [0.05, 0.1) is 16.5 Å². The Hall–Kier alpha value is -2.07. The lowest BCUT2D eigenvalue weighted by molar-refractivity contribution is -0.121. The number of nitrogens with zero attached hydrogens (tertiary/aromatic N) is 1. The van der Waals surface area contributed by atoms with Gasteiger partial charge in [-0.05, 0) is 31.0 Å². The van der Waals surface area contributed by atoms with E-state index in [-0.39, 0.29) is 10.8 Å². The molecule has 0 bridgehead atoms. The maximum Gasteiger partial charge on any atom is 0.190 e. The topological polar surface area (TPSA) is 92.1 Å². The second kappa shape index (κ2) is 5.37. The van der Waals surface area contributed by atoms with Crippen molar-refractivity contribution in [3.05, 3.63) is 29.6 Å². The second-order valence-corrected chi connectivity index (χ2v) is 7.03. The van der Waals surface area contributed by atoms with Crippen LogP contribution in [-0.4, -0.2) is 26.2 Å². The first-order valence-electron chi connectivity index (χ1n) is 6.23. The third-order valence-electron chi connectivity index (χ3n) is 3.29. The molecule has 0 saturated heterocycles. The summed E-state index contributed by atoms with van der Waals surface area (Å²) < 4.78 is 36.5. The number of Topliss-reactive ketones (excluding diaryl/α,β-unsaturated/α-hetero) is 2. The quantitative estimate of drug-likeness (QED) is 0.607. The molecule has 7 heteroatoms. The van der Waals surface area contributed by atoms with Crippen LogP contribution in [0.3, 0.4) is 0 Å². The van der Waals surface area contributed by atoms with E-state index in [1.807, 2.05) is 0 Å². The van der Waals surface area contributed by atoms with Crippen molar-refractivity contribution < 1.29 is 22.4 Å². The number of hydrogen-bond donors (Lipinski definition) is 0. The summed E-state index contributed by atoms with van der Waals surface area (Å²) in [5, 5.41) is 8.97. The number of carbonyl (C=O) groups is 2. The number of sulfone groups is 1. The molecule has 1 aromatic carbocycles. The lowest BCUT2D eigenvalue weighted by Crippen LogP contribution is -2.25. The van der Waals surface area contributed by atoms with E-state index in [0.29, 0.717) is 12.8 Å². The van der Waals surface area contributed by atoms with Crippen molar-refractivity contribution >= 4 is 21.4 Å². The van der Waals surface area contributed by atoms with Gasteiger partial charge in [0.15, 0.2) is 27.3 Å². The summed E-state index contributed by atoms with van der Waals surface area (Å²) in [6.45, 7) is 0. The Morgan fingerprint density at radius 2 is 2.00 bits per heavy atom. The molecule has 1 aliphatic carbocycles. The number of halogens is 1. The minimum absolute atomic E-state index is 0.265. The van der Waals surface area contributed by atoms with Crippen LogP contribution in [0.2, 0.25) is 0 Å². The van der Waals surface area contributed by atoms with E-state index in [9.17, 15) is 22.4 Å². The highest BCUT2D eigenvalue weighted by atomic mass is 32.2. The molecule has 1 aromatic rings. The van der Waals surface area contributed by atoms with E-state index in [2.05, 4.69) is 0 Å². The number of benzene rings is 1. The summed E-state index contributed by atoms with van der Waals surface area (Å²) >= 11 is 0. The molecule has 1 saturated carbocycles. The van der Waals surface area contributed by atoms with E-state index in [1.165, 1.54) is 0 Å². The van der Waals surface area contributed by atoms with Crippen molar-refractivity contribution in [1.29, 1.82) is 5.26 Å². The van der Waals surface area contributed by atoms with Crippen LogP contribution in [0.5, 0.6) is 0 Å². The molecule has 2 rings (SSSR count). The number of nitriles is 1. The van der Waals surface area contributed by atoms with Gasteiger partial charge in [0.2, 0.25) is 0 Å². The largest absolute Gasteiger partial charge is 0.297 e. The van der Waals surface area contributed by atoms with E-state index in [4.69, 9.17) is 5.26 Å². The van der Waals surface area contributed by atoms with Gasteiger partial charge in [-0.15, -0.1) is 0 Å². The molecule has 0 amide bonds. The van der Waals surface area contributed by atoms with Gasteiger partial charge in [-0.3, -0.25) is 9.59 Å². The standard InChI is InChI=1S/C14H12FNO4S/c1-21(19,20)9-4-5-10(12(15)6-9)14(18)11(7-16)13(17)8-2-3-8/h4-6,8,11H,2-3H2,1H3. The molecule has 5 nitrogen and oxygen atoms in total. The van der Waals surface area contributed by atoms with Crippen LogP contribution in [0.15, 0.2) is 23.1 Å². The van der Waals surface area contributed by atoms with Crippen molar-refractivity contribution in [2.75, 3.05) is 6.26 Å². The van der Waals surface area contributed by atoms with E-state index in [1.54, 1.807) is 6.07 Å². The van der Waals surface area contributed by atoms with Crippen LogP contribution in [-0.2, 0) is 14.6 Å². The molecule has 1 aliphatic rings. The molecule has 0 aromatic heterocycles. The third kappa shape index (κ3) is 3.16. The molecular weight excluding hydrogens is 297 g/mol. The fraction of sp³-hybridized carbons (Fsp3) is 0.357. The molecule has 1 fully saturated rings. The second-order valence-electron chi connectivity index (χ2n) is 5.02. The monoisotopic (exact) mass is 309 g/mol. The van der Waals surface area contributed by atoms with Crippen molar-refractivity contribution in [2.45, 2.75) is 17.7 Å². The summed E-state index contributed by atoms with van der Waals surface area (Å²) in [7, 11) is -3.60. The summed E-state index contributed by atoms with van der Waals surface area (Å²) in [5.41, 5.74) is -0.442. The van der Waals surface area contributed by atoms with E-state index >= 15 is 0 Å². The molecule has 0 aliphatic heterocycles. The summed E-state index contributed by atoms with van der Waals surface area (Å²) in [4.78, 5) is 23.7. The first-order chi connectivity index (χ1) is 9.75. The number of ketones is 2. The molecule has 1 unspecified atom stereocenters. The molecule has 21 heavy (non-hydrogen) atoms. The molecule has 1 atom stereocenters. The fourth-order valence-corrected chi connectivity index (χ4v) is 2.57. The zero-order valence-electron chi connectivity index (χ0n) is 11.2. The van der Waals surface area contributed by atoms with Gasteiger partial charge in [0.25, 0.3) is 0 Å². The van der Waals surface area contributed by atoms with Crippen LogP contribution in [0.25, 0.3) is 0 Å². The van der Waals surface area contributed by atoms with E-state index < -0.39 is 38.7 Å². The normalized spacial score (nSPS) is 16.0. The summed E-state index contributed by atoms with van der Waals surface area (Å²) in [5.74, 6) is -4.29. The molecule has 110 valence electrons. The highest BCUT2D eigenvalue weighted by molar-refractivity contribution is 7.90. The predicted octanol–water partition coefficient (Wildman–Crippen LogP) is 1.53. The van der Waals surface area contributed by atoms with Gasteiger partial charge in [-0.2, -0.15) is 5.26 Å². The van der Waals surface area contributed by atoms with Crippen molar-refractivity contribution in [1.82, 2.24) is 0 Å². The maximum atomic E-state index is 13.9. The Morgan fingerprint density at radius 1 is 1.38 bits per heavy atom. The van der Waals surface area contributed by atoms with Crippen LogP contribution in [0.1, 0.15) is 23.2 Å². The van der Waals surface area contributed by atoms with Gasteiger partial charge in [0, 0.05) is 12.2 Å². The Labute approximate surface area is 121 Å². The molecule has 0 heterocycles. The average molecular weight is 309 g/mol. The van der Waals surface area contributed by atoms with Crippen molar-refractivity contribution in [2.24, 2.45) is 11.8 Å². The highest BCUT2D eigenvalue weighted by Crippen LogP contribution is 2.33. The lowest BCUT2D eigenvalue weighted by atomic mass is 9.92. The van der Waals surface area contributed by atoms with Crippen molar-refractivity contribution in [3.8, 4) is 6.07 Å². The van der Waals surface area contributed by atoms with Crippen LogP contribution >= 0.6 is 0 Å². The molecule has 0 N–H and O–H groups in total. The Bertz CT molecular complexity index is 760. The molecular formula is C14H12FNO4S. The molecule has 0 radical (unpaired) electrons. The summed E-state index contributed by atoms with van der Waals surface area (Å²) in [6, 6.07) is 4.41. The number of hydrogen-bond acceptors (Lipinski definition) is 5. The third-order valence-corrected chi connectivity index (χ3v) is 4.40. The number of carbonyl (C=O) groups excluding carboxylic acids is 2. The smallest absolute Gasteiger partial charge is 0.190 e. The average Bonchev–Trinajstić information content (AvgIpc) is 3.22. The SMILES string of the molecule is CS(=O)(=O)c1ccc(C(=O)C(C#N)C(=O)C2CC2)c(F)c1. The summed E-state index contributed by atoms with van der Waals surface area (Å²) in [6.07, 6.45) is 2.19. The lowest BCUT2D eigenvalue weighted by Gasteiger charge is -2.08. The minimum atomic E-state index is -3.60. The zero-order valence-corrected chi connectivity index (χ0v) is 12.0. The first-order valence-corrected chi connectivity index (χ1v) is 8.12. The van der Waals surface area contributed by atoms with Crippen molar-refractivity contribution in [3.63, 3.8) is 0 Å². The highest BCUT2D eigenvalue weighted by Gasteiger charge is 2.39. The van der Waals surface area contributed by atoms with Gasteiger partial charge >= 0.3 is 0 Å². The predicted molar refractivity (Wildman–Crippen MR) is 70.7 cm³/mol.